The molecular weight excluding hydrogens is 461 g/mol. The van der Waals surface area contributed by atoms with Crippen LogP contribution >= 0.6 is 0 Å². The molecule has 0 aromatic carbocycles. The lowest BCUT2D eigenvalue weighted by molar-refractivity contribution is -0.139. The molecule has 0 amide bonds. The zero-order valence-electron chi connectivity index (χ0n) is 20.2. The first-order valence-corrected chi connectivity index (χ1v) is 11.7. The number of halogens is 3. The first-order valence-electron chi connectivity index (χ1n) is 11.7. The maximum Gasteiger partial charge on any atom is 0.421 e. The van der Waals surface area contributed by atoms with Gasteiger partial charge in [0.15, 0.2) is 11.6 Å². The van der Waals surface area contributed by atoms with Gasteiger partial charge in [-0.1, -0.05) is 19.3 Å². The van der Waals surface area contributed by atoms with Gasteiger partial charge in [0.1, 0.15) is 11.1 Å². The van der Waals surface area contributed by atoms with E-state index < -0.39 is 17.6 Å². The number of ether oxygens (including phenoxy) is 2. The Hall–Kier alpha value is -3.08. The first kappa shape index (κ1) is 25.0. The number of nitrogen functional groups attached to an aromatic ring is 1. The SMILES string of the molecule is CCOc1ncc(-c2cc(N(C)CC3(COC)CCCCC3)c3[nH]c(N)nc3n2)cc1C(F)(F)F. The number of nitrogens with zero attached hydrogens (tertiary/aromatic N) is 4. The van der Waals surface area contributed by atoms with Crippen molar-refractivity contribution in [3.8, 4) is 17.1 Å². The maximum absolute atomic E-state index is 13.7. The minimum absolute atomic E-state index is 0.00672. The van der Waals surface area contributed by atoms with Gasteiger partial charge in [0.05, 0.1) is 24.6 Å². The molecule has 0 saturated heterocycles. The summed E-state index contributed by atoms with van der Waals surface area (Å²) in [6.45, 7) is 3.04. The topological polar surface area (TPSA) is 102 Å². The number of pyridine rings is 2. The highest BCUT2D eigenvalue weighted by Gasteiger charge is 2.36. The number of methoxy groups -OCH3 is 1. The summed E-state index contributed by atoms with van der Waals surface area (Å²) in [5.74, 6) is -0.269. The highest BCUT2D eigenvalue weighted by molar-refractivity contribution is 5.90. The van der Waals surface area contributed by atoms with E-state index >= 15 is 0 Å². The van der Waals surface area contributed by atoms with Gasteiger partial charge in [-0.25, -0.2) is 9.97 Å². The molecule has 0 spiro atoms. The molecular formula is C24H31F3N6O2. The maximum atomic E-state index is 13.7. The van der Waals surface area contributed by atoms with E-state index in [2.05, 4.69) is 24.8 Å². The molecule has 1 fully saturated rings. The van der Waals surface area contributed by atoms with Crippen LogP contribution in [0.2, 0.25) is 0 Å². The number of anilines is 2. The zero-order chi connectivity index (χ0) is 25.2. The molecule has 3 heterocycles. The highest BCUT2D eigenvalue weighted by Crippen LogP contribution is 2.41. The number of aromatic amines is 1. The van der Waals surface area contributed by atoms with Crippen LogP contribution in [-0.4, -0.2) is 53.9 Å². The Morgan fingerprint density at radius 2 is 1.91 bits per heavy atom. The molecule has 0 unspecified atom stereocenters. The van der Waals surface area contributed by atoms with Gasteiger partial charge in [-0.2, -0.15) is 18.2 Å². The Labute approximate surface area is 202 Å². The minimum atomic E-state index is -4.62. The third kappa shape index (κ3) is 5.29. The summed E-state index contributed by atoms with van der Waals surface area (Å²) in [6, 6.07) is 2.76. The molecule has 4 rings (SSSR count). The van der Waals surface area contributed by atoms with Crippen LogP contribution in [0.4, 0.5) is 24.8 Å². The number of aromatic nitrogens is 4. The standard InChI is InChI=1S/C24H31F3N6O2/c1-4-35-21-16(24(25,26)27)10-15(12-29-21)17-11-18(19-20(30-17)32-22(28)31-19)33(2)13-23(14-34-3)8-6-5-7-9-23/h10-12H,4-9,13-14H2,1-3H3,(H3,28,30,31,32). The fourth-order valence-electron chi connectivity index (χ4n) is 5.03. The van der Waals surface area contributed by atoms with E-state index in [1.54, 1.807) is 20.1 Å². The number of hydrogen-bond donors (Lipinski definition) is 2. The molecule has 3 aromatic heterocycles. The van der Waals surface area contributed by atoms with Crippen molar-refractivity contribution in [2.24, 2.45) is 5.41 Å². The summed E-state index contributed by atoms with van der Waals surface area (Å²) in [7, 11) is 3.67. The number of fused-ring (bicyclic) bond motifs is 1. The average Bonchev–Trinajstić information content (AvgIpc) is 3.19. The molecule has 0 bridgehead atoms. The van der Waals surface area contributed by atoms with Crippen LogP contribution in [0.25, 0.3) is 22.4 Å². The van der Waals surface area contributed by atoms with Gasteiger partial charge >= 0.3 is 6.18 Å². The van der Waals surface area contributed by atoms with E-state index in [-0.39, 0.29) is 23.5 Å². The molecule has 0 atom stereocenters. The third-order valence-corrected chi connectivity index (χ3v) is 6.54. The Morgan fingerprint density at radius 1 is 1.17 bits per heavy atom. The zero-order valence-corrected chi connectivity index (χ0v) is 20.2. The average molecular weight is 493 g/mol. The molecule has 1 aliphatic rings. The van der Waals surface area contributed by atoms with Gasteiger partial charge in [-0.3, -0.25) is 0 Å². The second-order valence-corrected chi connectivity index (χ2v) is 9.20. The van der Waals surface area contributed by atoms with Gasteiger partial charge in [0.2, 0.25) is 5.88 Å². The summed E-state index contributed by atoms with van der Waals surface area (Å²) < 4.78 is 51.8. The van der Waals surface area contributed by atoms with Crippen molar-refractivity contribution in [2.45, 2.75) is 45.2 Å². The quantitative estimate of drug-likeness (QED) is 0.454. The van der Waals surface area contributed by atoms with Crippen molar-refractivity contribution < 1.29 is 22.6 Å². The number of imidazole rings is 1. The largest absolute Gasteiger partial charge is 0.478 e. The van der Waals surface area contributed by atoms with Gasteiger partial charge < -0.3 is 25.1 Å². The van der Waals surface area contributed by atoms with E-state index in [0.717, 1.165) is 37.4 Å². The van der Waals surface area contributed by atoms with Crippen LogP contribution in [-0.2, 0) is 10.9 Å². The van der Waals surface area contributed by atoms with Crippen LogP contribution in [0.5, 0.6) is 5.88 Å². The number of rotatable bonds is 8. The molecule has 190 valence electrons. The normalized spacial score (nSPS) is 15.9. The van der Waals surface area contributed by atoms with Crippen molar-refractivity contribution in [1.29, 1.82) is 0 Å². The number of nitrogens with one attached hydrogen (secondary N) is 1. The number of nitrogens with two attached hydrogens (primary N) is 1. The van der Waals surface area contributed by atoms with Crippen molar-refractivity contribution in [3.05, 3.63) is 23.9 Å². The fraction of sp³-hybridized carbons (Fsp3) is 0.542. The van der Waals surface area contributed by atoms with E-state index in [4.69, 9.17) is 15.2 Å². The van der Waals surface area contributed by atoms with E-state index in [0.29, 0.717) is 30.0 Å². The van der Waals surface area contributed by atoms with Crippen LogP contribution in [0.1, 0.15) is 44.6 Å². The molecule has 0 radical (unpaired) electrons. The molecule has 0 aliphatic heterocycles. The van der Waals surface area contributed by atoms with Crippen molar-refractivity contribution >= 4 is 22.8 Å². The molecule has 8 nitrogen and oxygen atoms in total. The molecule has 11 heteroatoms. The lowest BCUT2D eigenvalue weighted by Crippen LogP contribution is -2.40. The summed E-state index contributed by atoms with van der Waals surface area (Å²) in [6.07, 6.45) is 2.31. The lowest BCUT2D eigenvalue weighted by atomic mass is 9.74. The molecule has 1 saturated carbocycles. The third-order valence-electron chi connectivity index (χ3n) is 6.54. The van der Waals surface area contributed by atoms with Gasteiger partial charge in [0.25, 0.3) is 0 Å². The summed E-state index contributed by atoms with van der Waals surface area (Å²) >= 11 is 0. The monoisotopic (exact) mass is 492 g/mol. The van der Waals surface area contributed by atoms with Crippen LogP contribution < -0.4 is 15.4 Å². The molecule has 35 heavy (non-hydrogen) atoms. The number of H-pyrrole nitrogens is 1. The molecule has 3 N–H and O–H groups in total. The van der Waals surface area contributed by atoms with Crippen molar-refractivity contribution in [1.82, 2.24) is 19.9 Å². The first-order chi connectivity index (χ1) is 16.7. The van der Waals surface area contributed by atoms with Gasteiger partial charge in [-0.05, 0) is 31.9 Å². The van der Waals surface area contributed by atoms with E-state index in [9.17, 15) is 13.2 Å². The fourth-order valence-corrected chi connectivity index (χ4v) is 5.03. The van der Waals surface area contributed by atoms with Crippen LogP contribution in [0.3, 0.4) is 0 Å². The molecule has 3 aromatic rings. The lowest BCUT2D eigenvalue weighted by Gasteiger charge is -2.40. The van der Waals surface area contributed by atoms with Gasteiger partial charge in [0, 0.05) is 37.9 Å². The van der Waals surface area contributed by atoms with E-state index in [1.165, 1.54) is 12.6 Å². The second-order valence-electron chi connectivity index (χ2n) is 9.20. The predicted molar refractivity (Wildman–Crippen MR) is 128 cm³/mol. The Morgan fingerprint density at radius 3 is 2.57 bits per heavy atom. The van der Waals surface area contributed by atoms with Crippen molar-refractivity contribution in [3.63, 3.8) is 0 Å². The summed E-state index contributed by atoms with van der Waals surface area (Å²) in [5, 5.41) is 0. The smallest absolute Gasteiger partial charge is 0.421 e. The number of hydrogen-bond acceptors (Lipinski definition) is 7. The summed E-state index contributed by atoms with van der Waals surface area (Å²) in [5.41, 5.74) is 7.20. The van der Waals surface area contributed by atoms with Crippen molar-refractivity contribution in [2.75, 3.05) is 44.5 Å². The van der Waals surface area contributed by atoms with Gasteiger partial charge in [-0.15, -0.1) is 0 Å². The highest BCUT2D eigenvalue weighted by atomic mass is 19.4. The Bertz CT molecular complexity index is 1170. The van der Waals surface area contributed by atoms with E-state index in [1.807, 2.05) is 7.05 Å². The predicted octanol–water partition coefficient (Wildman–Crippen LogP) is 5.05. The minimum Gasteiger partial charge on any atom is -0.478 e. The second kappa shape index (κ2) is 9.88. The summed E-state index contributed by atoms with van der Waals surface area (Å²) in [4.78, 5) is 17.8. The Kier molecular flexibility index (Phi) is 7.07. The van der Waals surface area contributed by atoms with Crippen LogP contribution in [0, 0.1) is 5.41 Å². The number of alkyl halides is 3. The van der Waals surface area contributed by atoms with Crippen LogP contribution in [0.15, 0.2) is 18.3 Å². The Balaban J connectivity index is 1.78. The molecule has 1 aliphatic carbocycles.